The van der Waals surface area contributed by atoms with Crippen LogP contribution < -0.4 is 5.32 Å². The van der Waals surface area contributed by atoms with Crippen LogP contribution in [0.25, 0.3) is 22.0 Å². The molecule has 2 amide bonds. The van der Waals surface area contributed by atoms with Crippen molar-refractivity contribution < 1.29 is 14.0 Å². The van der Waals surface area contributed by atoms with E-state index < -0.39 is 0 Å². The minimum atomic E-state index is -0.194. The van der Waals surface area contributed by atoms with Crippen molar-refractivity contribution in [3.05, 3.63) is 59.9 Å². The second kappa shape index (κ2) is 7.43. The second-order valence-electron chi connectivity index (χ2n) is 9.40. The Morgan fingerprint density at radius 2 is 2.09 bits per heavy atom. The van der Waals surface area contributed by atoms with Gasteiger partial charge in [-0.3, -0.25) is 14.6 Å². The number of H-pyrrole nitrogens is 1. The van der Waals surface area contributed by atoms with Crippen LogP contribution in [0, 0.1) is 18.3 Å². The Morgan fingerprint density at radius 1 is 1.24 bits per heavy atom. The van der Waals surface area contributed by atoms with Crippen molar-refractivity contribution in [2.45, 2.75) is 26.2 Å². The van der Waals surface area contributed by atoms with E-state index >= 15 is 0 Å². The number of amides is 2. The van der Waals surface area contributed by atoms with Gasteiger partial charge in [0.05, 0.1) is 17.2 Å². The van der Waals surface area contributed by atoms with Crippen molar-refractivity contribution in [1.82, 2.24) is 25.2 Å². The summed E-state index contributed by atoms with van der Waals surface area (Å²) >= 11 is 0. The van der Waals surface area contributed by atoms with Crippen LogP contribution in [0.5, 0.6) is 0 Å². The molecule has 1 aliphatic heterocycles. The normalized spacial score (nSPS) is 19.3. The molecule has 168 valence electrons. The molecular formula is C25H25N5O3. The number of hydrogen-bond acceptors (Lipinski definition) is 5. The highest BCUT2D eigenvalue weighted by atomic mass is 16.3. The first-order valence-electron chi connectivity index (χ1n) is 11.4. The lowest BCUT2D eigenvalue weighted by atomic mass is 9.90. The summed E-state index contributed by atoms with van der Waals surface area (Å²) in [5.74, 6) is 0.935. The number of furan rings is 1. The van der Waals surface area contributed by atoms with Crippen molar-refractivity contribution in [2.24, 2.45) is 11.3 Å². The van der Waals surface area contributed by atoms with Gasteiger partial charge in [-0.2, -0.15) is 0 Å². The predicted octanol–water partition coefficient (Wildman–Crippen LogP) is 3.68. The number of likely N-dealkylation sites (tertiary alicyclic amines) is 1. The lowest BCUT2D eigenvalue weighted by molar-refractivity contribution is 0.0658. The molecule has 1 spiro atoms. The van der Waals surface area contributed by atoms with Gasteiger partial charge in [-0.25, -0.2) is 4.98 Å². The maximum Gasteiger partial charge on any atom is 0.289 e. The van der Waals surface area contributed by atoms with E-state index in [9.17, 15) is 9.59 Å². The number of aromatic amines is 1. The fraction of sp³-hybridized carbons (Fsp3) is 0.360. The Bertz CT molecular complexity index is 1350. The molecule has 1 atom stereocenters. The summed E-state index contributed by atoms with van der Waals surface area (Å²) in [6, 6.07) is 9.52. The zero-order valence-electron chi connectivity index (χ0n) is 18.4. The lowest BCUT2D eigenvalue weighted by Gasteiger charge is -2.32. The minimum Gasteiger partial charge on any atom is -0.449 e. The molecule has 1 saturated heterocycles. The number of nitrogens with zero attached hydrogens (tertiary/aromatic N) is 3. The van der Waals surface area contributed by atoms with Gasteiger partial charge in [0.25, 0.3) is 11.8 Å². The van der Waals surface area contributed by atoms with Gasteiger partial charge in [-0.05, 0) is 67.3 Å². The fourth-order valence-electron chi connectivity index (χ4n) is 5.16. The highest BCUT2D eigenvalue weighted by Crippen LogP contribution is 2.59. The molecule has 4 aromatic rings. The van der Waals surface area contributed by atoms with Crippen LogP contribution in [-0.2, 0) is 0 Å². The highest BCUT2D eigenvalue weighted by molar-refractivity contribution is 5.96. The number of fused-ring (bicyclic) bond motifs is 2. The van der Waals surface area contributed by atoms with Crippen LogP contribution in [0.15, 0.2) is 47.1 Å². The fourth-order valence-corrected chi connectivity index (χ4v) is 5.16. The Morgan fingerprint density at radius 3 is 2.91 bits per heavy atom. The smallest absolute Gasteiger partial charge is 0.289 e. The molecule has 33 heavy (non-hydrogen) atoms. The summed E-state index contributed by atoms with van der Waals surface area (Å²) in [5, 5.41) is 3.89. The zero-order chi connectivity index (χ0) is 22.6. The molecule has 1 unspecified atom stereocenters. The van der Waals surface area contributed by atoms with E-state index in [-0.39, 0.29) is 17.2 Å². The predicted molar refractivity (Wildman–Crippen MR) is 123 cm³/mol. The molecule has 8 nitrogen and oxygen atoms in total. The number of carbonyl (C=O) groups is 2. The Balaban J connectivity index is 1.04. The summed E-state index contributed by atoms with van der Waals surface area (Å²) in [7, 11) is 0. The monoisotopic (exact) mass is 443 g/mol. The van der Waals surface area contributed by atoms with Gasteiger partial charge in [-0.1, -0.05) is 6.07 Å². The topological polar surface area (TPSA) is 104 Å². The van der Waals surface area contributed by atoms with Crippen LogP contribution in [-0.4, -0.2) is 51.3 Å². The number of hydrogen-bond donors (Lipinski definition) is 2. The average molecular weight is 444 g/mol. The largest absolute Gasteiger partial charge is 0.449 e. The number of imidazole rings is 1. The van der Waals surface area contributed by atoms with Gasteiger partial charge in [0, 0.05) is 31.2 Å². The first kappa shape index (κ1) is 20.0. The summed E-state index contributed by atoms with van der Waals surface area (Å²) in [6.07, 6.45) is 6.29. The maximum absolute atomic E-state index is 13.0. The standard InChI is InChI=1S/C25H25N5O3/c1-15-2-3-18-19(10-15)29-22(28-18)24(32)30-8-5-25(6-9-30)12-17(25)13-27-23(31)20-11-16-4-7-26-14-21(16)33-20/h2-4,7,10-11,14,17H,5-6,8-9,12-13H2,1H3,(H,27,31)(H,28,29). The molecule has 2 fully saturated rings. The number of nitrogens with one attached hydrogen (secondary N) is 2. The SMILES string of the molecule is Cc1ccc2nc(C(=O)N3CCC4(CC3)CC4CNC(=O)c3cc4ccncc4o3)[nH]c2c1. The molecule has 1 aromatic carbocycles. The Labute approximate surface area is 190 Å². The first-order valence-corrected chi connectivity index (χ1v) is 11.4. The number of aromatic nitrogens is 3. The number of pyridine rings is 1. The molecule has 1 saturated carbocycles. The number of aryl methyl sites for hydroxylation is 1. The van der Waals surface area contributed by atoms with Gasteiger partial charge in [-0.15, -0.1) is 0 Å². The number of carbonyl (C=O) groups excluding carboxylic acids is 2. The molecule has 8 heteroatoms. The summed E-state index contributed by atoms with van der Waals surface area (Å²) < 4.78 is 5.60. The van der Waals surface area contributed by atoms with Gasteiger partial charge in [0.2, 0.25) is 0 Å². The van der Waals surface area contributed by atoms with Crippen LogP contribution in [0.4, 0.5) is 0 Å². The van der Waals surface area contributed by atoms with Gasteiger partial charge >= 0.3 is 0 Å². The van der Waals surface area contributed by atoms with E-state index in [1.165, 1.54) is 0 Å². The Hall–Kier alpha value is -3.68. The van der Waals surface area contributed by atoms with Crippen molar-refractivity contribution in [2.75, 3.05) is 19.6 Å². The Kier molecular flexibility index (Phi) is 4.50. The van der Waals surface area contributed by atoms with Crippen LogP contribution in [0.1, 0.15) is 46.0 Å². The maximum atomic E-state index is 13.0. The summed E-state index contributed by atoms with van der Waals surface area (Å²) in [4.78, 5) is 39.1. The van der Waals surface area contributed by atoms with E-state index in [0.717, 1.165) is 54.3 Å². The number of benzene rings is 1. The third-order valence-corrected chi connectivity index (χ3v) is 7.30. The van der Waals surface area contributed by atoms with Crippen molar-refractivity contribution >= 4 is 33.8 Å². The highest BCUT2D eigenvalue weighted by Gasteiger charge is 2.55. The van der Waals surface area contributed by atoms with Crippen LogP contribution in [0.3, 0.4) is 0 Å². The van der Waals surface area contributed by atoms with E-state index in [4.69, 9.17) is 4.42 Å². The molecule has 0 bridgehead atoms. The molecular weight excluding hydrogens is 418 g/mol. The van der Waals surface area contributed by atoms with Crippen molar-refractivity contribution in [3.8, 4) is 0 Å². The second-order valence-corrected chi connectivity index (χ2v) is 9.40. The molecule has 2 aliphatic rings. The van der Waals surface area contributed by atoms with E-state index in [0.29, 0.717) is 29.6 Å². The molecule has 6 rings (SSSR count). The molecule has 1 aliphatic carbocycles. The first-order chi connectivity index (χ1) is 16.0. The lowest BCUT2D eigenvalue weighted by Crippen LogP contribution is -2.40. The minimum absolute atomic E-state index is 0.0384. The van der Waals surface area contributed by atoms with Crippen molar-refractivity contribution in [1.29, 1.82) is 0 Å². The van der Waals surface area contributed by atoms with E-state index in [1.54, 1.807) is 18.5 Å². The zero-order valence-corrected chi connectivity index (χ0v) is 18.4. The quantitative estimate of drug-likeness (QED) is 0.501. The van der Waals surface area contributed by atoms with Crippen LogP contribution >= 0.6 is 0 Å². The van der Waals surface area contributed by atoms with E-state index in [2.05, 4.69) is 20.3 Å². The number of piperidine rings is 1. The van der Waals surface area contributed by atoms with E-state index in [1.807, 2.05) is 36.1 Å². The molecule has 2 N–H and O–H groups in total. The third kappa shape index (κ3) is 3.55. The molecule has 4 heterocycles. The average Bonchev–Trinajstić information content (AvgIpc) is 3.16. The number of rotatable bonds is 4. The summed E-state index contributed by atoms with van der Waals surface area (Å²) in [5.41, 5.74) is 3.69. The van der Waals surface area contributed by atoms with Gasteiger partial charge in [0.15, 0.2) is 17.2 Å². The van der Waals surface area contributed by atoms with Gasteiger partial charge < -0.3 is 19.6 Å². The molecule has 3 aromatic heterocycles. The molecule has 0 radical (unpaired) electrons. The van der Waals surface area contributed by atoms with Crippen molar-refractivity contribution in [3.63, 3.8) is 0 Å². The van der Waals surface area contributed by atoms with Gasteiger partial charge in [0.1, 0.15) is 0 Å². The third-order valence-electron chi connectivity index (χ3n) is 7.30. The van der Waals surface area contributed by atoms with Crippen LogP contribution in [0.2, 0.25) is 0 Å². The summed E-state index contributed by atoms with van der Waals surface area (Å²) in [6.45, 7) is 4.09.